The van der Waals surface area contributed by atoms with Crippen molar-refractivity contribution in [2.45, 2.75) is 37.8 Å². The highest BCUT2D eigenvalue weighted by Gasteiger charge is 2.24. The summed E-state index contributed by atoms with van der Waals surface area (Å²) in [4.78, 5) is 0. The molecule has 1 aromatic rings. The number of nitrogens with one attached hydrogen (secondary N) is 1. The zero-order valence-corrected chi connectivity index (χ0v) is 9.72. The maximum Gasteiger partial charge on any atom is 0.0744 e. The van der Waals surface area contributed by atoms with Crippen LogP contribution < -0.4 is 11.3 Å². The molecule has 0 aromatic carbocycles. The normalized spacial score (nSPS) is 23.2. The number of hydrogen-bond acceptors (Lipinski definition) is 4. The summed E-state index contributed by atoms with van der Waals surface area (Å²) in [6.07, 6.45) is 8.50. The number of hydrazine groups is 1. The Morgan fingerprint density at radius 2 is 2.56 bits per heavy atom. The fourth-order valence-electron chi connectivity index (χ4n) is 2.21. The molecule has 90 valence electrons. The lowest BCUT2D eigenvalue weighted by Crippen LogP contribution is -2.47. The first-order chi connectivity index (χ1) is 7.79. The summed E-state index contributed by atoms with van der Waals surface area (Å²) in [5, 5.41) is 4.16. The van der Waals surface area contributed by atoms with Crippen molar-refractivity contribution in [1.82, 2.24) is 15.2 Å². The second-order valence-electron chi connectivity index (χ2n) is 4.40. The Bertz CT molecular complexity index is 320. The summed E-state index contributed by atoms with van der Waals surface area (Å²) in [5.74, 6) is 5.60. The molecule has 1 aliphatic heterocycles. The lowest BCUT2D eigenvalue weighted by Gasteiger charge is -2.29. The quantitative estimate of drug-likeness (QED) is 0.572. The van der Waals surface area contributed by atoms with Crippen molar-refractivity contribution in [3.8, 4) is 0 Å². The molecule has 2 unspecified atom stereocenters. The molecule has 16 heavy (non-hydrogen) atoms. The third-order valence-corrected chi connectivity index (χ3v) is 3.09. The number of hydrogen-bond donors (Lipinski definition) is 2. The number of aromatic nitrogens is 2. The zero-order chi connectivity index (χ0) is 11.4. The fourth-order valence-corrected chi connectivity index (χ4v) is 2.21. The largest absolute Gasteiger partial charge is 0.377 e. The zero-order valence-electron chi connectivity index (χ0n) is 9.72. The van der Waals surface area contributed by atoms with Crippen molar-refractivity contribution in [1.29, 1.82) is 0 Å². The molecule has 3 N–H and O–H groups in total. The Balaban J connectivity index is 1.94. The molecule has 0 bridgehead atoms. The van der Waals surface area contributed by atoms with E-state index in [0.717, 1.165) is 19.4 Å². The van der Waals surface area contributed by atoms with Crippen molar-refractivity contribution in [3.63, 3.8) is 0 Å². The molecule has 2 atom stereocenters. The molecule has 5 nitrogen and oxygen atoms in total. The van der Waals surface area contributed by atoms with Gasteiger partial charge in [0.25, 0.3) is 0 Å². The summed E-state index contributed by atoms with van der Waals surface area (Å²) >= 11 is 0. The molecule has 2 rings (SSSR count). The van der Waals surface area contributed by atoms with Gasteiger partial charge in [-0.1, -0.05) is 0 Å². The summed E-state index contributed by atoms with van der Waals surface area (Å²) in [5.41, 5.74) is 4.06. The molecule has 0 spiro atoms. The van der Waals surface area contributed by atoms with Crippen LogP contribution in [-0.2, 0) is 18.2 Å². The Hall–Kier alpha value is -0.910. The average Bonchev–Trinajstić information content (AvgIpc) is 2.73. The Kier molecular flexibility index (Phi) is 3.93. The van der Waals surface area contributed by atoms with E-state index in [9.17, 15) is 0 Å². The molecule has 1 saturated heterocycles. The second-order valence-corrected chi connectivity index (χ2v) is 4.40. The molecule has 0 saturated carbocycles. The molecule has 1 aliphatic rings. The van der Waals surface area contributed by atoms with Crippen LogP contribution >= 0.6 is 0 Å². The minimum atomic E-state index is 0.185. The summed E-state index contributed by atoms with van der Waals surface area (Å²) in [6, 6.07) is 0.185. The minimum absolute atomic E-state index is 0.185. The van der Waals surface area contributed by atoms with Gasteiger partial charge in [0.1, 0.15) is 0 Å². The van der Waals surface area contributed by atoms with Gasteiger partial charge in [0.05, 0.1) is 18.3 Å². The van der Waals surface area contributed by atoms with Crippen molar-refractivity contribution >= 4 is 0 Å². The molecular formula is C11H20N4O. The number of rotatable bonds is 4. The van der Waals surface area contributed by atoms with E-state index in [-0.39, 0.29) is 12.1 Å². The Labute approximate surface area is 95.9 Å². The molecule has 5 heteroatoms. The van der Waals surface area contributed by atoms with Crippen LogP contribution in [-0.4, -0.2) is 28.5 Å². The predicted molar refractivity (Wildman–Crippen MR) is 61.6 cm³/mol. The van der Waals surface area contributed by atoms with E-state index in [2.05, 4.69) is 10.5 Å². The third kappa shape index (κ3) is 2.81. The highest BCUT2D eigenvalue weighted by atomic mass is 16.5. The van der Waals surface area contributed by atoms with E-state index in [1.807, 2.05) is 24.1 Å². The average molecular weight is 224 g/mol. The van der Waals surface area contributed by atoms with Gasteiger partial charge in [0.2, 0.25) is 0 Å². The minimum Gasteiger partial charge on any atom is -0.377 e. The Morgan fingerprint density at radius 1 is 1.69 bits per heavy atom. The van der Waals surface area contributed by atoms with Crippen LogP contribution in [0.2, 0.25) is 0 Å². The Morgan fingerprint density at radius 3 is 3.12 bits per heavy atom. The number of aryl methyl sites for hydroxylation is 1. The van der Waals surface area contributed by atoms with Crippen LogP contribution in [0.1, 0.15) is 24.8 Å². The van der Waals surface area contributed by atoms with E-state index in [1.54, 1.807) is 0 Å². The maximum absolute atomic E-state index is 5.74. The lowest BCUT2D eigenvalue weighted by molar-refractivity contribution is -0.00744. The van der Waals surface area contributed by atoms with Gasteiger partial charge in [-0.05, 0) is 31.2 Å². The maximum atomic E-state index is 5.74. The van der Waals surface area contributed by atoms with Gasteiger partial charge >= 0.3 is 0 Å². The highest BCUT2D eigenvalue weighted by Crippen LogP contribution is 2.18. The van der Waals surface area contributed by atoms with E-state index in [4.69, 9.17) is 10.6 Å². The fraction of sp³-hybridized carbons (Fsp3) is 0.727. The van der Waals surface area contributed by atoms with Gasteiger partial charge in [-0.15, -0.1) is 0 Å². The van der Waals surface area contributed by atoms with Crippen LogP contribution in [0.25, 0.3) is 0 Å². The topological polar surface area (TPSA) is 65.1 Å². The molecule has 2 heterocycles. The van der Waals surface area contributed by atoms with E-state index < -0.39 is 0 Å². The van der Waals surface area contributed by atoms with Crippen molar-refractivity contribution < 1.29 is 4.74 Å². The van der Waals surface area contributed by atoms with Gasteiger partial charge in [0, 0.05) is 19.9 Å². The van der Waals surface area contributed by atoms with Gasteiger partial charge in [-0.3, -0.25) is 16.0 Å². The van der Waals surface area contributed by atoms with Gasteiger partial charge in [-0.2, -0.15) is 5.10 Å². The van der Waals surface area contributed by atoms with Crippen LogP contribution in [0.5, 0.6) is 0 Å². The molecular weight excluding hydrogens is 204 g/mol. The summed E-state index contributed by atoms with van der Waals surface area (Å²) in [7, 11) is 1.92. The van der Waals surface area contributed by atoms with Gasteiger partial charge in [-0.25, -0.2) is 0 Å². The molecule has 0 radical (unpaired) electrons. The van der Waals surface area contributed by atoms with E-state index in [0.29, 0.717) is 0 Å². The number of nitrogens with zero attached hydrogens (tertiary/aromatic N) is 2. The molecule has 0 amide bonds. The van der Waals surface area contributed by atoms with Crippen LogP contribution in [0, 0.1) is 0 Å². The van der Waals surface area contributed by atoms with Crippen molar-refractivity contribution in [2.24, 2.45) is 12.9 Å². The first-order valence-corrected chi connectivity index (χ1v) is 5.85. The first kappa shape index (κ1) is 11.6. The van der Waals surface area contributed by atoms with E-state index >= 15 is 0 Å². The smallest absolute Gasteiger partial charge is 0.0744 e. The third-order valence-electron chi connectivity index (χ3n) is 3.09. The summed E-state index contributed by atoms with van der Waals surface area (Å²) in [6.45, 7) is 0.857. The molecule has 1 fully saturated rings. The van der Waals surface area contributed by atoms with Gasteiger partial charge in [0.15, 0.2) is 0 Å². The second kappa shape index (κ2) is 5.43. The van der Waals surface area contributed by atoms with Crippen molar-refractivity contribution in [3.05, 3.63) is 18.0 Å². The molecule has 0 aliphatic carbocycles. The number of ether oxygens (including phenoxy) is 1. The van der Waals surface area contributed by atoms with E-state index in [1.165, 1.54) is 18.4 Å². The first-order valence-electron chi connectivity index (χ1n) is 5.85. The lowest BCUT2D eigenvalue weighted by atomic mass is 9.98. The number of nitrogens with two attached hydrogens (primary N) is 1. The standard InChI is InChI=1S/C11H20N4O/c1-15-8-9(7-13-15)6-10(14-12)11-4-2-3-5-16-11/h7-8,10-11,14H,2-6,12H2,1H3. The van der Waals surface area contributed by atoms with Crippen LogP contribution in [0.15, 0.2) is 12.4 Å². The SMILES string of the molecule is Cn1cc(CC(NN)C2CCCCO2)cn1. The predicted octanol–water partition coefficient (Wildman–Crippen LogP) is 0.364. The summed E-state index contributed by atoms with van der Waals surface area (Å²) < 4.78 is 7.55. The highest BCUT2D eigenvalue weighted by molar-refractivity contribution is 5.06. The van der Waals surface area contributed by atoms with Crippen molar-refractivity contribution in [2.75, 3.05) is 6.61 Å². The van der Waals surface area contributed by atoms with Crippen LogP contribution in [0.3, 0.4) is 0 Å². The monoisotopic (exact) mass is 224 g/mol. The van der Waals surface area contributed by atoms with Crippen LogP contribution in [0.4, 0.5) is 0 Å². The molecule has 1 aromatic heterocycles. The van der Waals surface area contributed by atoms with Gasteiger partial charge < -0.3 is 4.74 Å².